The van der Waals surface area contributed by atoms with Gasteiger partial charge in [-0.15, -0.1) is 0 Å². The highest BCUT2D eigenvalue weighted by Crippen LogP contribution is 2.01. The second-order valence-corrected chi connectivity index (χ2v) is 2.71. The standard InChI is InChI=1S/C8H14.C3H8.C2H6/c1-4-6-8(3)7-5-2;1-3-2;1-2/h4,6H,1,5,7H2,2-3H3;3H2,1-2H3;1-2H3/b8-6+;;. The highest BCUT2D eigenvalue weighted by Gasteiger charge is 1.80. The zero-order chi connectivity index (χ0) is 11.1. The molecule has 0 radical (unpaired) electrons. The van der Waals surface area contributed by atoms with Crippen molar-refractivity contribution in [1.82, 2.24) is 0 Å². The Bertz CT molecular complexity index is 98.6. The molecule has 0 aromatic carbocycles. The second-order valence-electron chi connectivity index (χ2n) is 2.71. The van der Waals surface area contributed by atoms with E-state index in [1.165, 1.54) is 24.8 Å². The summed E-state index contributed by atoms with van der Waals surface area (Å²) in [5.74, 6) is 0. The first-order valence-electron chi connectivity index (χ1n) is 5.51. The molecule has 13 heavy (non-hydrogen) atoms. The average Bonchev–Trinajstić information content (AvgIpc) is 2.10. The maximum Gasteiger partial charge on any atom is -0.0323 e. The van der Waals surface area contributed by atoms with Gasteiger partial charge in [-0.05, 0) is 13.3 Å². The third-order valence-corrected chi connectivity index (χ3v) is 1.05. The van der Waals surface area contributed by atoms with Crippen LogP contribution in [0.2, 0.25) is 0 Å². The lowest BCUT2D eigenvalue weighted by Crippen LogP contribution is -1.71. The molecule has 0 atom stereocenters. The van der Waals surface area contributed by atoms with Gasteiger partial charge in [0.05, 0.1) is 0 Å². The molecule has 0 rings (SSSR count). The van der Waals surface area contributed by atoms with E-state index in [4.69, 9.17) is 0 Å². The summed E-state index contributed by atoms with van der Waals surface area (Å²) < 4.78 is 0. The van der Waals surface area contributed by atoms with Crippen LogP contribution in [0.1, 0.15) is 60.8 Å². The van der Waals surface area contributed by atoms with Gasteiger partial charge >= 0.3 is 0 Å². The summed E-state index contributed by atoms with van der Waals surface area (Å²) in [5, 5.41) is 0. The van der Waals surface area contributed by atoms with Gasteiger partial charge in [-0.2, -0.15) is 0 Å². The Kier molecular flexibility index (Phi) is 31.7. The maximum atomic E-state index is 3.61. The Morgan fingerprint density at radius 1 is 1.15 bits per heavy atom. The molecule has 0 saturated carbocycles. The van der Waals surface area contributed by atoms with Crippen LogP contribution in [0.25, 0.3) is 0 Å². The Morgan fingerprint density at radius 3 is 1.77 bits per heavy atom. The van der Waals surface area contributed by atoms with E-state index in [1.807, 2.05) is 19.9 Å². The summed E-state index contributed by atoms with van der Waals surface area (Å²) in [5.41, 5.74) is 1.42. The summed E-state index contributed by atoms with van der Waals surface area (Å²) >= 11 is 0. The lowest BCUT2D eigenvalue weighted by Gasteiger charge is -1.91. The van der Waals surface area contributed by atoms with Crippen molar-refractivity contribution in [2.75, 3.05) is 0 Å². The van der Waals surface area contributed by atoms with Gasteiger partial charge in [0.2, 0.25) is 0 Å². The molecule has 0 heterocycles. The molecular weight excluding hydrogens is 156 g/mol. The van der Waals surface area contributed by atoms with Gasteiger partial charge in [-0.1, -0.05) is 71.8 Å². The van der Waals surface area contributed by atoms with E-state index >= 15 is 0 Å². The first kappa shape index (κ1) is 18.3. The maximum absolute atomic E-state index is 3.61. The molecule has 0 fully saturated rings. The van der Waals surface area contributed by atoms with Crippen LogP contribution >= 0.6 is 0 Å². The van der Waals surface area contributed by atoms with E-state index in [-0.39, 0.29) is 0 Å². The Hall–Kier alpha value is -0.520. The molecule has 0 amide bonds. The quantitative estimate of drug-likeness (QED) is 0.518. The monoisotopic (exact) mass is 184 g/mol. The Morgan fingerprint density at radius 2 is 1.54 bits per heavy atom. The largest absolute Gasteiger partial charge is 0.0991 e. The van der Waals surface area contributed by atoms with Crippen molar-refractivity contribution in [2.45, 2.75) is 60.8 Å². The number of allylic oxidation sites excluding steroid dienone is 3. The van der Waals surface area contributed by atoms with Crippen molar-refractivity contribution in [3.63, 3.8) is 0 Å². The van der Waals surface area contributed by atoms with Crippen LogP contribution in [0.15, 0.2) is 24.3 Å². The molecule has 80 valence electrons. The highest BCUT2D eigenvalue weighted by molar-refractivity contribution is 5.07. The minimum absolute atomic E-state index is 1.20. The van der Waals surface area contributed by atoms with Crippen molar-refractivity contribution in [2.24, 2.45) is 0 Å². The second kappa shape index (κ2) is 22.5. The van der Waals surface area contributed by atoms with Crippen molar-refractivity contribution < 1.29 is 0 Å². The van der Waals surface area contributed by atoms with Crippen LogP contribution in [0, 0.1) is 0 Å². The third kappa shape index (κ3) is 34.4. The summed E-state index contributed by atoms with van der Waals surface area (Å²) in [6.07, 6.45) is 7.58. The van der Waals surface area contributed by atoms with E-state index in [0.29, 0.717) is 0 Å². The zero-order valence-electron chi connectivity index (χ0n) is 10.5. The summed E-state index contributed by atoms with van der Waals surface area (Å²) in [6, 6.07) is 0. The lowest BCUT2D eigenvalue weighted by molar-refractivity contribution is 0.906. The van der Waals surface area contributed by atoms with E-state index in [1.54, 1.807) is 0 Å². The lowest BCUT2D eigenvalue weighted by atomic mass is 10.2. The first-order chi connectivity index (χ1) is 6.22. The number of hydrogen-bond donors (Lipinski definition) is 0. The van der Waals surface area contributed by atoms with Gasteiger partial charge < -0.3 is 0 Å². The molecule has 0 aliphatic rings. The third-order valence-electron chi connectivity index (χ3n) is 1.05. The molecule has 0 unspecified atom stereocenters. The number of hydrogen-bond acceptors (Lipinski definition) is 0. The predicted octanol–water partition coefficient (Wildman–Crippen LogP) is 5.36. The van der Waals surface area contributed by atoms with Gasteiger partial charge in [-0.25, -0.2) is 0 Å². The van der Waals surface area contributed by atoms with Crippen molar-refractivity contribution >= 4 is 0 Å². The first-order valence-corrected chi connectivity index (χ1v) is 5.51. The minimum Gasteiger partial charge on any atom is -0.0991 e. The zero-order valence-corrected chi connectivity index (χ0v) is 10.5. The fraction of sp³-hybridized carbons (Fsp3) is 0.692. The SMILES string of the molecule is C=C/C=C(\C)CCC.CC.CCC. The fourth-order valence-electron chi connectivity index (χ4n) is 0.679. The molecule has 0 heteroatoms. The van der Waals surface area contributed by atoms with Crippen LogP contribution in [0.4, 0.5) is 0 Å². The molecule has 0 bridgehead atoms. The Labute approximate surface area is 85.8 Å². The smallest absolute Gasteiger partial charge is 0.0323 e. The van der Waals surface area contributed by atoms with E-state index in [9.17, 15) is 0 Å². The van der Waals surface area contributed by atoms with Crippen LogP contribution in [0.3, 0.4) is 0 Å². The van der Waals surface area contributed by atoms with Crippen LogP contribution in [-0.4, -0.2) is 0 Å². The number of rotatable bonds is 3. The fourth-order valence-corrected chi connectivity index (χ4v) is 0.679. The van der Waals surface area contributed by atoms with E-state index in [0.717, 1.165) is 0 Å². The van der Waals surface area contributed by atoms with Crippen LogP contribution in [-0.2, 0) is 0 Å². The van der Waals surface area contributed by atoms with Crippen molar-refractivity contribution in [3.8, 4) is 0 Å². The summed E-state index contributed by atoms with van der Waals surface area (Å²) in [7, 11) is 0. The molecule has 0 aromatic heterocycles. The summed E-state index contributed by atoms with van der Waals surface area (Å²) in [4.78, 5) is 0. The van der Waals surface area contributed by atoms with Crippen molar-refractivity contribution in [3.05, 3.63) is 24.3 Å². The minimum atomic E-state index is 1.20. The Balaban J connectivity index is -0.000000169. The molecule has 0 aliphatic heterocycles. The van der Waals surface area contributed by atoms with Crippen molar-refractivity contribution in [1.29, 1.82) is 0 Å². The van der Waals surface area contributed by atoms with Gasteiger partial charge in [-0.3, -0.25) is 0 Å². The molecule has 0 aromatic rings. The van der Waals surface area contributed by atoms with E-state index in [2.05, 4.69) is 40.3 Å². The molecule has 0 N–H and O–H groups in total. The normalized spacial score (nSPS) is 8.92. The van der Waals surface area contributed by atoms with Gasteiger partial charge in [0.15, 0.2) is 0 Å². The molecule has 0 saturated heterocycles. The van der Waals surface area contributed by atoms with Gasteiger partial charge in [0.25, 0.3) is 0 Å². The molecule has 0 nitrogen and oxygen atoms in total. The molecule has 0 aliphatic carbocycles. The van der Waals surface area contributed by atoms with Crippen LogP contribution in [0.5, 0.6) is 0 Å². The topological polar surface area (TPSA) is 0 Å². The highest BCUT2D eigenvalue weighted by atomic mass is 13.9. The van der Waals surface area contributed by atoms with Gasteiger partial charge in [0, 0.05) is 0 Å². The van der Waals surface area contributed by atoms with E-state index < -0.39 is 0 Å². The summed E-state index contributed by atoms with van der Waals surface area (Å²) in [6.45, 7) is 16.2. The molecular formula is C13H28. The van der Waals surface area contributed by atoms with Gasteiger partial charge in [0.1, 0.15) is 0 Å². The molecule has 0 spiro atoms. The predicted molar refractivity (Wildman–Crippen MR) is 66.2 cm³/mol. The van der Waals surface area contributed by atoms with Crippen LogP contribution < -0.4 is 0 Å². The average molecular weight is 184 g/mol.